The van der Waals surface area contributed by atoms with Crippen molar-refractivity contribution in [3.63, 3.8) is 0 Å². The lowest BCUT2D eigenvalue weighted by Crippen LogP contribution is -2.39. The molecule has 0 amide bonds. The molecule has 0 N–H and O–H groups in total. The highest BCUT2D eigenvalue weighted by Crippen LogP contribution is 2.29. The maximum absolute atomic E-state index is 11.2. The molecule has 0 bridgehead atoms. The summed E-state index contributed by atoms with van der Waals surface area (Å²) in [6.07, 6.45) is 1.26. The van der Waals surface area contributed by atoms with Crippen LogP contribution in [0.4, 0.5) is 0 Å². The molecule has 0 radical (unpaired) electrons. The van der Waals surface area contributed by atoms with E-state index in [0.717, 1.165) is 12.5 Å². The number of hydrogen-bond acceptors (Lipinski definition) is 6. The standard InChI is InChI=1S/C10H22O6S2/c1-8(7-15-17(5,11)12)9(10(2,3)4)16-18(6,13)14/h8-9H,7H2,1-6H3. The van der Waals surface area contributed by atoms with Gasteiger partial charge in [0, 0.05) is 5.92 Å². The van der Waals surface area contributed by atoms with E-state index in [1.165, 1.54) is 0 Å². The van der Waals surface area contributed by atoms with Gasteiger partial charge in [0.1, 0.15) is 0 Å². The summed E-state index contributed by atoms with van der Waals surface area (Å²) in [5.41, 5.74) is -0.455. The monoisotopic (exact) mass is 302 g/mol. The molecule has 2 unspecified atom stereocenters. The molecule has 2 atom stereocenters. The first-order chi connectivity index (χ1) is 7.72. The highest BCUT2D eigenvalue weighted by molar-refractivity contribution is 7.86. The van der Waals surface area contributed by atoms with Crippen molar-refractivity contribution < 1.29 is 25.2 Å². The van der Waals surface area contributed by atoms with Crippen LogP contribution in [-0.4, -0.2) is 42.1 Å². The van der Waals surface area contributed by atoms with Crippen molar-refractivity contribution in [2.24, 2.45) is 11.3 Å². The molecule has 0 aliphatic rings. The van der Waals surface area contributed by atoms with Crippen LogP contribution < -0.4 is 0 Å². The third-order valence-corrected chi connectivity index (χ3v) is 3.32. The quantitative estimate of drug-likeness (QED) is 0.680. The van der Waals surface area contributed by atoms with E-state index in [1.54, 1.807) is 6.92 Å². The second-order valence-electron chi connectivity index (χ2n) is 5.55. The molecular weight excluding hydrogens is 280 g/mol. The molecule has 0 spiro atoms. The Kier molecular flexibility index (Phi) is 5.79. The van der Waals surface area contributed by atoms with Crippen molar-refractivity contribution in [1.82, 2.24) is 0 Å². The molecule has 0 saturated carbocycles. The minimum absolute atomic E-state index is 0.115. The van der Waals surface area contributed by atoms with Crippen LogP contribution in [0, 0.1) is 11.3 Å². The number of rotatable bonds is 6. The van der Waals surface area contributed by atoms with E-state index in [-0.39, 0.29) is 12.5 Å². The normalized spacial score (nSPS) is 17.4. The molecular formula is C10H22O6S2. The Bertz CT molecular complexity index is 457. The lowest BCUT2D eigenvalue weighted by molar-refractivity contribution is 0.0289. The molecule has 0 fully saturated rings. The van der Waals surface area contributed by atoms with Crippen LogP contribution in [0.5, 0.6) is 0 Å². The van der Waals surface area contributed by atoms with Crippen LogP contribution in [0.2, 0.25) is 0 Å². The largest absolute Gasteiger partial charge is 0.270 e. The molecule has 18 heavy (non-hydrogen) atoms. The van der Waals surface area contributed by atoms with Crippen LogP contribution in [0.3, 0.4) is 0 Å². The lowest BCUT2D eigenvalue weighted by Gasteiger charge is -2.33. The molecule has 0 saturated heterocycles. The van der Waals surface area contributed by atoms with Gasteiger partial charge >= 0.3 is 0 Å². The SMILES string of the molecule is CC(COS(C)(=O)=O)C(OS(C)(=O)=O)C(C)(C)C. The maximum Gasteiger partial charge on any atom is 0.264 e. The zero-order valence-corrected chi connectivity index (χ0v) is 13.3. The van der Waals surface area contributed by atoms with Crippen molar-refractivity contribution in [3.8, 4) is 0 Å². The van der Waals surface area contributed by atoms with E-state index in [9.17, 15) is 16.8 Å². The topological polar surface area (TPSA) is 86.7 Å². The van der Waals surface area contributed by atoms with E-state index in [1.807, 2.05) is 20.8 Å². The highest BCUT2D eigenvalue weighted by Gasteiger charge is 2.34. The van der Waals surface area contributed by atoms with Gasteiger partial charge < -0.3 is 0 Å². The molecule has 0 aromatic carbocycles. The second kappa shape index (κ2) is 5.85. The van der Waals surface area contributed by atoms with Gasteiger partial charge in [-0.25, -0.2) is 0 Å². The summed E-state index contributed by atoms with van der Waals surface area (Å²) in [5, 5.41) is 0. The van der Waals surface area contributed by atoms with E-state index in [4.69, 9.17) is 4.18 Å². The van der Waals surface area contributed by atoms with Crippen LogP contribution in [0.1, 0.15) is 27.7 Å². The van der Waals surface area contributed by atoms with E-state index < -0.39 is 31.8 Å². The minimum atomic E-state index is -3.61. The van der Waals surface area contributed by atoms with Gasteiger partial charge in [-0.15, -0.1) is 0 Å². The third-order valence-electron chi connectivity index (χ3n) is 2.19. The molecule has 0 aliphatic carbocycles. The van der Waals surface area contributed by atoms with Gasteiger partial charge in [-0.05, 0) is 5.41 Å². The fourth-order valence-electron chi connectivity index (χ4n) is 1.60. The van der Waals surface area contributed by atoms with Gasteiger partial charge in [0.15, 0.2) is 0 Å². The number of hydrogen-bond donors (Lipinski definition) is 0. The van der Waals surface area contributed by atoms with Gasteiger partial charge in [-0.2, -0.15) is 16.8 Å². The van der Waals surface area contributed by atoms with Gasteiger partial charge in [-0.3, -0.25) is 8.37 Å². The molecule has 8 heteroatoms. The van der Waals surface area contributed by atoms with Crippen molar-refractivity contribution in [2.45, 2.75) is 33.8 Å². The first kappa shape index (κ1) is 17.8. The highest BCUT2D eigenvalue weighted by atomic mass is 32.2. The third kappa shape index (κ3) is 8.02. The van der Waals surface area contributed by atoms with Crippen LogP contribution in [0.25, 0.3) is 0 Å². The van der Waals surface area contributed by atoms with E-state index >= 15 is 0 Å². The van der Waals surface area contributed by atoms with Gasteiger partial charge in [0.2, 0.25) is 0 Å². The molecule has 0 aromatic heterocycles. The van der Waals surface area contributed by atoms with Crippen molar-refractivity contribution in [1.29, 1.82) is 0 Å². The van der Waals surface area contributed by atoms with Crippen LogP contribution in [-0.2, 0) is 28.6 Å². The Balaban J connectivity index is 4.88. The zero-order valence-electron chi connectivity index (χ0n) is 11.6. The average Bonchev–Trinajstić information content (AvgIpc) is 2.06. The Morgan fingerprint density at radius 2 is 1.44 bits per heavy atom. The maximum atomic E-state index is 11.2. The molecule has 110 valence electrons. The van der Waals surface area contributed by atoms with Crippen molar-refractivity contribution in [3.05, 3.63) is 0 Å². The van der Waals surface area contributed by atoms with Gasteiger partial charge in [0.25, 0.3) is 20.2 Å². The lowest BCUT2D eigenvalue weighted by atomic mass is 9.82. The average molecular weight is 302 g/mol. The molecule has 6 nitrogen and oxygen atoms in total. The summed E-state index contributed by atoms with van der Waals surface area (Å²) in [4.78, 5) is 0. The van der Waals surface area contributed by atoms with E-state index in [0.29, 0.717) is 0 Å². The molecule has 0 aliphatic heterocycles. The summed E-state index contributed by atoms with van der Waals surface area (Å²) >= 11 is 0. The molecule has 0 rings (SSSR count). The van der Waals surface area contributed by atoms with Gasteiger partial charge in [0.05, 0.1) is 25.2 Å². The smallest absolute Gasteiger partial charge is 0.264 e. The fraction of sp³-hybridized carbons (Fsp3) is 1.00. The summed E-state index contributed by atoms with van der Waals surface area (Å²) < 4.78 is 54.0. The predicted octanol–water partition coefficient (Wildman–Crippen LogP) is 0.990. The first-order valence-electron chi connectivity index (χ1n) is 5.45. The van der Waals surface area contributed by atoms with Crippen molar-refractivity contribution in [2.75, 3.05) is 19.1 Å². The zero-order chi connectivity index (χ0) is 14.8. The first-order valence-corrected chi connectivity index (χ1v) is 9.08. The Hall–Kier alpha value is -0.180. The van der Waals surface area contributed by atoms with Crippen molar-refractivity contribution >= 4 is 20.2 Å². The summed E-state index contributed by atoms with van der Waals surface area (Å²) in [6, 6.07) is 0. The predicted molar refractivity (Wildman–Crippen MR) is 69.1 cm³/mol. The molecule has 0 aromatic rings. The van der Waals surface area contributed by atoms with E-state index in [2.05, 4.69) is 4.18 Å². The second-order valence-corrected chi connectivity index (χ2v) is 8.80. The fourth-order valence-corrected chi connectivity index (χ4v) is 2.92. The summed E-state index contributed by atoms with van der Waals surface area (Å²) in [5.74, 6) is -0.380. The Morgan fingerprint density at radius 3 is 1.72 bits per heavy atom. The summed E-state index contributed by atoms with van der Waals surface area (Å²) in [6.45, 7) is 7.03. The van der Waals surface area contributed by atoms with Crippen LogP contribution in [0.15, 0.2) is 0 Å². The Labute approximate surface area is 110 Å². The summed E-state index contributed by atoms with van der Waals surface area (Å²) in [7, 11) is -7.16. The van der Waals surface area contributed by atoms with Gasteiger partial charge in [-0.1, -0.05) is 27.7 Å². The molecule has 0 heterocycles. The van der Waals surface area contributed by atoms with Crippen LogP contribution >= 0.6 is 0 Å². The minimum Gasteiger partial charge on any atom is -0.270 e. The Morgan fingerprint density at radius 1 is 1.00 bits per heavy atom.